The first-order valence-electron chi connectivity index (χ1n) is 3.76. The Morgan fingerprint density at radius 2 is 2.50 bits per heavy atom. The lowest BCUT2D eigenvalue weighted by atomic mass is 10.3. The Labute approximate surface area is 70.8 Å². The van der Waals surface area contributed by atoms with E-state index in [4.69, 9.17) is 5.11 Å². The lowest BCUT2D eigenvalue weighted by molar-refractivity contribution is -0.118. The molecule has 0 radical (unpaired) electrons. The number of anilines is 1. The second kappa shape index (κ2) is 3.92. The molecule has 0 unspecified atom stereocenters. The van der Waals surface area contributed by atoms with Crippen molar-refractivity contribution in [2.75, 3.05) is 18.6 Å². The highest BCUT2D eigenvalue weighted by atomic mass is 16.3. The average molecular weight is 168 g/mol. The van der Waals surface area contributed by atoms with E-state index in [2.05, 4.69) is 4.98 Å². The Bertz CT molecular complexity index is 244. The molecule has 0 aromatic carbocycles. The molecule has 0 spiro atoms. The van der Waals surface area contributed by atoms with Gasteiger partial charge in [0.15, 0.2) is 0 Å². The van der Waals surface area contributed by atoms with Crippen LogP contribution in [0.15, 0.2) is 18.5 Å². The standard InChI is InChI=1S/C8H12N2O2/c1-10(8(12)3-5-11)7-2-4-9-6-7/h2,4,6,9,11H,3,5H2,1H3. The maximum atomic E-state index is 11.2. The van der Waals surface area contributed by atoms with Gasteiger partial charge in [0, 0.05) is 19.4 Å². The molecular formula is C8H12N2O2. The van der Waals surface area contributed by atoms with Gasteiger partial charge in [0.2, 0.25) is 5.91 Å². The Balaban J connectivity index is 2.59. The number of carbonyl (C=O) groups is 1. The monoisotopic (exact) mass is 168 g/mol. The van der Waals surface area contributed by atoms with Crippen molar-refractivity contribution in [1.82, 2.24) is 4.98 Å². The zero-order valence-corrected chi connectivity index (χ0v) is 6.95. The van der Waals surface area contributed by atoms with E-state index in [0.717, 1.165) is 5.69 Å². The number of aliphatic hydroxyl groups is 1. The van der Waals surface area contributed by atoms with Gasteiger partial charge in [0.25, 0.3) is 0 Å². The molecular weight excluding hydrogens is 156 g/mol. The van der Waals surface area contributed by atoms with Crippen molar-refractivity contribution in [2.45, 2.75) is 6.42 Å². The third-order valence-corrected chi connectivity index (χ3v) is 1.67. The van der Waals surface area contributed by atoms with Gasteiger partial charge < -0.3 is 15.0 Å². The molecule has 1 aromatic rings. The predicted molar refractivity (Wildman–Crippen MR) is 45.9 cm³/mol. The molecule has 0 fully saturated rings. The number of hydrogen-bond donors (Lipinski definition) is 2. The van der Waals surface area contributed by atoms with Gasteiger partial charge in [-0.05, 0) is 6.07 Å². The van der Waals surface area contributed by atoms with Crippen LogP contribution >= 0.6 is 0 Å². The molecule has 0 saturated carbocycles. The zero-order valence-electron chi connectivity index (χ0n) is 6.95. The fourth-order valence-corrected chi connectivity index (χ4v) is 0.931. The third kappa shape index (κ3) is 1.85. The van der Waals surface area contributed by atoms with E-state index < -0.39 is 0 Å². The maximum Gasteiger partial charge on any atom is 0.229 e. The summed E-state index contributed by atoms with van der Waals surface area (Å²) in [5.74, 6) is -0.0860. The number of aromatic nitrogens is 1. The van der Waals surface area contributed by atoms with Crippen LogP contribution in [0.4, 0.5) is 5.69 Å². The van der Waals surface area contributed by atoms with Gasteiger partial charge in [0.05, 0.1) is 18.7 Å². The Morgan fingerprint density at radius 1 is 1.75 bits per heavy atom. The summed E-state index contributed by atoms with van der Waals surface area (Å²) in [6.07, 6.45) is 3.65. The highest BCUT2D eigenvalue weighted by Crippen LogP contribution is 2.10. The molecule has 0 aliphatic heterocycles. The molecule has 1 aromatic heterocycles. The number of aliphatic hydroxyl groups excluding tert-OH is 1. The third-order valence-electron chi connectivity index (χ3n) is 1.67. The van der Waals surface area contributed by atoms with Crippen LogP contribution in [0, 0.1) is 0 Å². The topological polar surface area (TPSA) is 56.3 Å². The zero-order chi connectivity index (χ0) is 8.97. The summed E-state index contributed by atoms with van der Waals surface area (Å²) < 4.78 is 0. The minimum absolute atomic E-state index is 0.0860. The van der Waals surface area contributed by atoms with Crippen LogP contribution in [0.5, 0.6) is 0 Å². The fraction of sp³-hybridized carbons (Fsp3) is 0.375. The van der Waals surface area contributed by atoms with E-state index in [9.17, 15) is 4.79 Å². The first-order chi connectivity index (χ1) is 5.75. The number of H-pyrrole nitrogens is 1. The van der Waals surface area contributed by atoms with Gasteiger partial charge in [-0.3, -0.25) is 4.79 Å². The second-order valence-corrected chi connectivity index (χ2v) is 2.50. The maximum absolute atomic E-state index is 11.2. The average Bonchev–Trinajstić information content (AvgIpc) is 2.55. The molecule has 0 bridgehead atoms. The first kappa shape index (κ1) is 8.80. The summed E-state index contributed by atoms with van der Waals surface area (Å²) in [7, 11) is 1.68. The molecule has 1 amide bonds. The lowest BCUT2D eigenvalue weighted by Gasteiger charge is -2.13. The highest BCUT2D eigenvalue weighted by Gasteiger charge is 2.09. The smallest absolute Gasteiger partial charge is 0.229 e. The molecule has 66 valence electrons. The van der Waals surface area contributed by atoms with Crippen molar-refractivity contribution in [3.63, 3.8) is 0 Å². The predicted octanol–water partition coefficient (Wildman–Crippen LogP) is 0.360. The number of nitrogens with zero attached hydrogens (tertiary/aromatic N) is 1. The van der Waals surface area contributed by atoms with Gasteiger partial charge >= 0.3 is 0 Å². The Morgan fingerprint density at radius 3 is 3.00 bits per heavy atom. The molecule has 1 heterocycles. The van der Waals surface area contributed by atoms with Crippen molar-refractivity contribution in [3.05, 3.63) is 18.5 Å². The molecule has 4 heteroatoms. The van der Waals surface area contributed by atoms with Gasteiger partial charge in [-0.1, -0.05) is 0 Å². The summed E-state index contributed by atoms with van der Waals surface area (Å²) in [6.45, 7) is -0.104. The minimum atomic E-state index is -0.104. The molecule has 1 rings (SSSR count). The number of amides is 1. The summed E-state index contributed by atoms with van der Waals surface area (Å²) in [5.41, 5.74) is 0.813. The fourth-order valence-electron chi connectivity index (χ4n) is 0.931. The van der Waals surface area contributed by atoms with Gasteiger partial charge in [-0.15, -0.1) is 0 Å². The lowest BCUT2D eigenvalue weighted by Crippen LogP contribution is -2.26. The van der Waals surface area contributed by atoms with Crippen molar-refractivity contribution in [2.24, 2.45) is 0 Å². The van der Waals surface area contributed by atoms with Crippen LogP contribution in [0.3, 0.4) is 0 Å². The van der Waals surface area contributed by atoms with Gasteiger partial charge in [0.1, 0.15) is 0 Å². The SMILES string of the molecule is CN(C(=O)CCO)c1cc[nH]c1. The van der Waals surface area contributed by atoms with E-state index in [1.165, 1.54) is 4.90 Å². The van der Waals surface area contributed by atoms with Gasteiger partial charge in [-0.2, -0.15) is 0 Å². The minimum Gasteiger partial charge on any atom is -0.396 e. The van der Waals surface area contributed by atoms with Crippen molar-refractivity contribution in [3.8, 4) is 0 Å². The number of aromatic amines is 1. The van der Waals surface area contributed by atoms with Crippen LogP contribution < -0.4 is 4.90 Å². The van der Waals surface area contributed by atoms with Crippen molar-refractivity contribution < 1.29 is 9.90 Å². The molecule has 0 aliphatic rings. The Hall–Kier alpha value is -1.29. The molecule has 0 saturated heterocycles. The van der Waals surface area contributed by atoms with Crippen LogP contribution in [-0.4, -0.2) is 29.7 Å². The van der Waals surface area contributed by atoms with Crippen molar-refractivity contribution >= 4 is 11.6 Å². The van der Waals surface area contributed by atoms with E-state index in [-0.39, 0.29) is 18.9 Å². The summed E-state index contributed by atoms with van der Waals surface area (Å²) in [4.78, 5) is 15.6. The van der Waals surface area contributed by atoms with Crippen LogP contribution in [0.1, 0.15) is 6.42 Å². The largest absolute Gasteiger partial charge is 0.396 e. The summed E-state index contributed by atoms with van der Waals surface area (Å²) in [6, 6.07) is 1.80. The summed E-state index contributed by atoms with van der Waals surface area (Å²) in [5, 5.41) is 8.53. The number of hydrogen-bond acceptors (Lipinski definition) is 2. The molecule has 4 nitrogen and oxygen atoms in total. The van der Waals surface area contributed by atoms with Crippen LogP contribution in [-0.2, 0) is 4.79 Å². The van der Waals surface area contributed by atoms with Crippen LogP contribution in [0.2, 0.25) is 0 Å². The normalized spacial score (nSPS) is 9.83. The summed E-state index contributed by atoms with van der Waals surface area (Å²) >= 11 is 0. The second-order valence-electron chi connectivity index (χ2n) is 2.50. The number of carbonyl (C=O) groups excluding carboxylic acids is 1. The van der Waals surface area contributed by atoms with E-state index in [1.54, 1.807) is 25.5 Å². The van der Waals surface area contributed by atoms with Crippen molar-refractivity contribution in [1.29, 1.82) is 0 Å². The van der Waals surface area contributed by atoms with E-state index in [1.807, 2.05) is 0 Å². The molecule has 2 N–H and O–H groups in total. The number of nitrogens with one attached hydrogen (secondary N) is 1. The first-order valence-corrected chi connectivity index (χ1v) is 3.76. The molecule has 12 heavy (non-hydrogen) atoms. The van der Waals surface area contributed by atoms with Crippen LogP contribution in [0.25, 0.3) is 0 Å². The Kier molecular flexibility index (Phi) is 2.88. The number of rotatable bonds is 3. The van der Waals surface area contributed by atoms with Gasteiger partial charge in [-0.25, -0.2) is 0 Å². The molecule has 0 aliphatic carbocycles. The quantitative estimate of drug-likeness (QED) is 0.684. The van der Waals surface area contributed by atoms with E-state index >= 15 is 0 Å². The molecule has 0 atom stereocenters. The highest BCUT2D eigenvalue weighted by molar-refractivity contribution is 5.92. The van der Waals surface area contributed by atoms with E-state index in [0.29, 0.717) is 0 Å².